The van der Waals surface area contributed by atoms with Crippen molar-refractivity contribution >= 4 is 12.2 Å². The fourth-order valence-corrected chi connectivity index (χ4v) is 2.11. The number of aromatic nitrogens is 6. The molecule has 6 nitrogen and oxygen atoms in total. The molecule has 0 radical (unpaired) electrons. The molecule has 96 valence electrons. The SMILES string of the molecule is S=c1[nH]nc(-c2ccccc2)n1CCn1ccnn1. The third-order valence-electron chi connectivity index (χ3n) is 2.81. The van der Waals surface area contributed by atoms with E-state index < -0.39 is 0 Å². The molecule has 0 unspecified atom stereocenters. The molecule has 0 amide bonds. The first-order chi connectivity index (χ1) is 9.34. The molecule has 0 aliphatic rings. The van der Waals surface area contributed by atoms with E-state index in [0.717, 1.165) is 11.4 Å². The number of hydrogen-bond acceptors (Lipinski definition) is 4. The number of aryl methyl sites for hydroxylation is 1. The highest BCUT2D eigenvalue weighted by atomic mass is 32.1. The van der Waals surface area contributed by atoms with Gasteiger partial charge in [0.2, 0.25) is 0 Å². The third-order valence-corrected chi connectivity index (χ3v) is 3.13. The van der Waals surface area contributed by atoms with Crippen LogP contribution in [0.25, 0.3) is 11.4 Å². The molecule has 0 atom stereocenters. The van der Waals surface area contributed by atoms with Gasteiger partial charge in [-0.25, -0.2) is 0 Å². The third kappa shape index (κ3) is 2.45. The maximum Gasteiger partial charge on any atom is 0.195 e. The van der Waals surface area contributed by atoms with Crippen molar-refractivity contribution in [2.45, 2.75) is 13.1 Å². The fourth-order valence-electron chi connectivity index (χ4n) is 1.89. The smallest absolute Gasteiger partial charge is 0.195 e. The Morgan fingerprint density at radius 1 is 1.16 bits per heavy atom. The summed E-state index contributed by atoms with van der Waals surface area (Å²) in [6.07, 6.45) is 3.48. The second kappa shape index (κ2) is 5.15. The molecule has 19 heavy (non-hydrogen) atoms. The first-order valence-electron chi connectivity index (χ1n) is 5.89. The van der Waals surface area contributed by atoms with E-state index in [4.69, 9.17) is 12.2 Å². The van der Waals surface area contributed by atoms with Gasteiger partial charge in [0.1, 0.15) is 0 Å². The zero-order valence-corrected chi connectivity index (χ0v) is 10.9. The Kier molecular flexibility index (Phi) is 3.20. The van der Waals surface area contributed by atoms with Crippen LogP contribution in [0, 0.1) is 4.77 Å². The highest BCUT2D eigenvalue weighted by molar-refractivity contribution is 7.71. The van der Waals surface area contributed by atoms with Crippen molar-refractivity contribution in [3.05, 3.63) is 47.5 Å². The maximum atomic E-state index is 5.27. The first-order valence-corrected chi connectivity index (χ1v) is 6.30. The number of H-pyrrole nitrogens is 1. The molecule has 3 aromatic rings. The van der Waals surface area contributed by atoms with Gasteiger partial charge in [-0.05, 0) is 12.2 Å². The Bertz CT molecular complexity index is 697. The molecule has 7 heteroatoms. The van der Waals surface area contributed by atoms with Gasteiger partial charge in [0.25, 0.3) is 0 Å². The molecular formula is C12H12N6S. The van der Waals surface area contributed by atoms with E-state index in [9.17, 15) is 0 Å². The van der Waals surface area contributed by atoms with Crippen molar-refractivity contribution in [2.24, 2.45) is 0 Å². The van der Waals surface area contributed by atoms with Gasteiger partial charge in [0.15, 0.2) is 10.6 Å². The predicted octanol–water partition coefficient (Wildman–Crippen LogP) is 1.90. The van der Waals surface area contributed by atoms with Crippen LogP contribution in [-0.4, -0.2) is 29.8 Å². The minimum absolute atomic E-state index is 0.610. The van der Waals surface area contributed by atoms with Crippen LogP contribution < -0.4 is 0 Å². The van der Waals surface area contributed by atoms with Crippen LogP contribution >= 0.6 is 12.2 Å². The second-order valence-corrected chi connectivity index (χ2v) is 4.42. The predicted molar refractivity (Wildman–Crippen MR) is 72.9 cm³/mol. The Balaban J connectivity index is 1.89. The number of nitrogens with zero attached hydrogens (tertiary/aromatic N) is 5. The minimum atomic E-state index is 0.610. The van der Waals surface area contributed by atoms with Gasteiger partial charge in [0, 0.05) is 18.3 Å². The molecule has 0 spiro atoms. The molecule has 0 saturated heterocycles. The standard InChI is InChI=1S/C12H12N6S/c19-12-15-14-11(10-4-2-1-3-5-10)18(12)9-8-17-7-6-13-16-17/h1-7H,8-9H2,(H,15,19). The lowest BCUT2D eigenvalue weighted by Gasteiger charge is -2.06. The van der Waals surface area contributed by atoms with Crippen LogP contribution in [0.15, 0.2) is 42.7 Å². The molecular weight excluding hydrogens is 260 g/mol. The molecule has 1 aromatic carbocycles. The van der Waals surface area contributed by atoms with E-state index in [-0.39, 0.29) is 0 Å². The average molecular weight is 272 g/mol. The highest BCUT2D eigenvalue weighted by Gasteiger charge is 2.08. The van der Waals surface area contributed by atoms with Crippen molar-refractivity contribution in [1.29, 1.82) is 0 Å². The quantitative estimate of drug-likeness (QED) is 0.737. The van der Waals surface area contributed by atoms with Gasteiger partial charge < -0.3 is 0 Å². The number of nitrogens with one attached hydrogen (secondary N) is 1. The van der Waals surface area contributed by atoms with Crippen LogP contribution in [0.3, 0.4) is 0 Å². The molecule has 0 bridgehead atoms. The fraction of sp³-hybridized carbons (Fsp3) is 0.167. The Labute approximate surface area is 114 Å². The number of aromatic amines is 1. The summed E-state index contributed by atoms with van der Waals surface area (Å²) in [5.41, 5.74) is 1.04. The lowest BCUT2D eigenvalue weighted by Crippen LogP contribution is -2.09. The maximum absolute atomic E-state index is 5.27. The monoisotopic (exact) mass is 272 g/mol. The summed E-state index contributed by atoms with van der Waals surface area (Å²) in [5, 5.41) is 14.8. The minimum Gasteiger partial charge on any atom is -0.298 e. The van der Waals surface area contributed by atoms with Crippen LogP contribution in [0.5, 0.6) is 0 Å². The van der Waals surface area contributed by atoms with Gasteiger partial charge in [-0.15, -0.1) is 5.10 Å². The van der Waals surface area contributed by atoms with E-state index in [0.29, 0.717) is 17.9 Å². The molecule has 0 saturated carbocycles. The summed E-state index contributed by atoms with van der Waals surface area (Å²) in [6, 6.07) is 9.96. The van der Waals surface area contributed by atoms with Crippen molar-refractivity contribution in [2.75, 3.05) is 0 Å². The van der Waals surface area contributed by atoms with Crippen molar-refractivity contribution in [3.63, 3.8) is 0 Å². The molecule has 2 heterocycles. The molecule has 0 fully saturated rings. The van der Waals surface area contributed by atoms with Gasteiger partial charge in [-0.2, -0.15) is 5.10 Å². The zero-order chi connectivity index (χ0) is 13.1. The van der Waals surface area contributed by atoms with Crippen molar-refractivity contribution in [3.8, 4) is 11.4 Å². The number of hydrogen-bond donors (Lipinski definition) is 1. The van der Waals surface area contributed by atoms with E-state index in [1.165, 1.54) is 0 Å². The van der Waals surface area contributed by atoms with Gasteiger partial charge >= 0.3 is 0 Å². The van der Waals surface area contributed by atoms with Crippen molar-refractivity contribution < 1.29 is 0 Å². The van der Waals surface area contributed by atoms with Crippen LogP contribution in [0.2, 0.25) is 0 Å². The van der Waals surface area contributed by atoms with E-state index in [1.807, 2.05) is 41.1 Å². The van der Waals surface area contributed by atoms with Gasteiger partial charge in [-0.3, -0.25) is 14.3 Å². The normalized spacial score (nSPS) is 10.7. The summed E-state index contributed by atoms with van der Waals surface area (Å²) in [4.78, 5) is 0. The number of rotatable bonds is 4. The Morgan fingerprint density at radius 3 is 2.74 bits per heavy atom. The summed E-state index contributed by atoms with van der Waals surface area (Å²) in [7, 11) is 0. The van der Waals surface area contributed by atoms with Crippen LogP contribution in [0.1, 0.15) is 0 Å². The highest BCUT2D eigenvalue weighted by Crippen LogP contribution is 2.16. The van der Waals surface area contributed by atoms with Crippen molar-refractivity contribution in [1.82, 2.24) is 29.8 Å². The molecule has 0 aliphatic carbocycles. The second-order valence-electron chi connectivity index (χ2n) is 4.04. The van der Waals surface area contributed by atoms with Gasteiger partial charge in [-0.1, -0.05) is 35.5 Å². The van der Waals surface area contributed by atoms with Gasteiger partial charge in [0.05, 0.1) is 12.7 Å². The number of benzene rings is 1. The summed E-state index contributed by atoms with van der Waals surface area (Å²) < 4.78 is 4.34. The summed E-state index contributed by atoms with van der Waals surface area (Å²) in [5.74, 6) is 0.839. The van der Waals surface area contributed by atoms with E-state index >= 15 is 0 Å². The van der Waals surface area contributed by atoms with E-state index in [2.05, 4.69) is 20.5 Å². The summed E-state index contributed by atoms with van der Waals surface area (Å²) in [6.45, 7) is 1.40. The molecule has 3 rings (SSSR count). The van der Waals surface area contributed by atoms with Crippen LogP contribution in [-0.2, 0) is 13.1 Å². The van der Waals surface area contributed by atoms with E-state index in [1.54, 1.807) is 10.9 Å². The average Bonchev–Trinajstić information content (AvgIpc) is 3.07. The molecule has 2 aromatic heterocycles. The Hall–Kier alpha value is -2.28. The topological polar surface area (TPSA) is 64.3 Å². The van der Waals surface area contributed by atoms with Crippen LogP contribution in [0.4, 0.5) is 0 Å². The lowest BCUT2D eigenvalue weighted by atomic mass is 10.2. The largest absolute Gasteiger partial charge is 0.298 e. The molecule has 0 aliphatic heterocycles. The Morgan fingerprint density at radius 2 is 2.00 bits per heavy atom. The zero-order valence-electron chi connectivity index (χ0n) is 10.1. The lowest BCUT2D eigenvalue weighted by molar-refractivity contribution is 0.518. The summed E-state index contributed by atoms with van der Waals surface area (Å²) >= 11 is 5.27. The first kappa shape index (κ1) is 11.8. The molecule has 1 N–H and O–H groups in total.